The van der Waals surface area contributed by atoms with Crippen LogP contribution in [0, 0.1) is 0 Å². The van der Waals surface area contributed by atoms with Crippen LogP contribution in [0.3, 0.4) is 0 Å². The van der Waals surface area contributed by atoms with E-state index >= 15 is 0 Å². The summed E-state index contributed by atoms with van der Waals surface area (Å²) < 4.78 is 38.8. The summed E-state index contributed by atoms with van der Waals surface area (Å²) in [6.07, 6.45) is -3.88. The molecular formula is C13H13F3N2O. The zero-order chi connectivity index (χ0) is 14.0. The van der Waals surface area contributed by atoms with E-state index in [4.69, 9.17) is 5.11 Å². The van der Waals surface area contributed by atoms with Gasteiger partial charge in [-0.3, -0.25) is 4.68 Å². The van der Waals surface area contributed by atoms with Crippen molar-refractivity contribution in [1.29, 1.82) is 0 Å². The maximum absolute atomic E-state index is 12.4. The number of hydrogen-bond acceptors (Lipinski definition) is 2. The van der Waals surface area contributed by atoms with Gasteiger partial charge in [-0.25, -0.2) is 0 Å². The molecule has 0 amide bonds. The Hall–Kier alpha value is -1.82. The van der Waals surface area contributed by atoms with Crippen molar-refractivity contribution in [3.05, 3.63) is 52.8 Å². The number of rotatable bonds is 3. The lowest BCUT2D eigenvalue weighted by molar-refractivity contribution is -0.137. The minimum atomic E-state index is -4.31. The largest absolute Gasteiger partial charge is 0.416 e. The predicted molar refractivity (Wildman–Crippen MR) is 63.4 cm³/mol. The second-order valence-electron chi connectivity index (χ2n) is 4.28. The van der Waals surface area contributed by atoms with Gasteiger partial charge in [-0.1, -0.05) is 12.1 Å². The van der Waals surface area contributed by atoms with Crippen molar-refractivity contribution in [2.75, 3.05) is 0 Å². The van der Waals surface area contributed by atoms with Gasteiger partial charge in [0.15, 0.2) is 0 Å². The van der Waals surface area contributed by atoms with Crippen LogP contribution in [0.25, 0.3) is 0 Å². The van der Waals surface area contributed by atoms with Crippen LogP contribution in [0.1, 0.15) is 22.5 Å². The number of aliphatic hydroxyl groups is 1. The molecule has 1 aromatic carbocycles. The Bertz CT molecular complexity index is 558. The fourth-order valence-corrected chi connectivity index (χ4v) is 1.83. The molecule has 0 unspecified atom stereocenters. The van der Waals surface area contributed by atoms with Gasteiger partial charge in [-0.2, -0.15) is 18.3 Å². The molecule has 0 spiro atoms. The van der Waals surface area contributed by atoms with Crippen LogP contribution in [0.5, 0.6) is 0 Å². The molecule has 6 heteroatoms. The number of nitrogens with zero attached hydrogens (tertiary/aromatic N) is 2. The minimum Gasteiger partial charge on any atom is -0.390 e. The van der Waals surface area contributed by atoms with E-state index in [0.717, 1.165) is 17.7 Å². The Morgan fingerprint density at radius 1 is 1.21 bits per heavy atom. The third kappa shape index (κ3) is 3.14. The topological polar surface area (TPSA) is 38.0 Å². The molecule has 0 aliphatic rings. The lowest BCUT2D eigenvalue weighted by atomic mass is 10.1. The summed E-state index contributed by atoms with van der Waals surface area (Å²) in [7, 11) is 1.71. The molecule has 102 valence electrons. The highest BCUT2D eigenvalue weighted by Crippen LogP contribution is 2.29. The number of benzene rings is 1. The summed E-state index contributed by atoms with van der Waals surface area (Å²) in [5, 5.41) is 13.2. The van der Waals surface area contributed by atoms with Crippen LogP contribution in [-0.4, -0.2) is 14.9 Å². The molecule has 3 nitrogen and oxygen atoms in total. The van der Waals surface area contributed by atoms with Crippen molar-refractivity contribution in [3.8, 4) is 0 Å². The predicted octanol–water partition coefficient (Wildman–Crippen LogP) is 2.52. The Kier molecular flexibility index (Phi) is 3.61. The molecule has 1 N–H and O–H groups in total. The zero-order valence-electron chi connectivity index (χ0n) is 10.3. The normalized spacial score (nSPS) is 11.8. The first-order valence-corrected chi connectivity index (χ1v) is 5.69. The molecule has 0 aliphatic heterocycles. The van der Waals surface area contributed by atoms with E-state index in [2.05, 4.69) is 5.10 Å². The molecule has 0 radical (unpaired) electrons. The van der Waals surface area contributed by atoms with E-state index in [-0.39, 0.29) is 6.61 Å². The van der Waals surface area contributed by atoms with Gasteiger partial charge < -0.3 is 5.11 Å². The van der Waals surface area contributed by atoms with Gasteiger partial charge in [0.05, 0.1) is 23.6 Å². The molecule has 0 fully saturated rings. The van der Waals surface area contributed by atoms with Crippen molar-refractivity contribution < 1.29 is 18.3 Å². The number of alkyl halides is 3. The van der Waals surface area contributed by atoms with Crippen LogP contribution in [-0.2, 0) is 26.3 Å². The van der Waals surface area contributed by atoms with E-state index in [9.17, 15) is 13.2 Å². The third-order valence-corrected chi connectivity index (χ3v) is 2.86. The van der Waals surface area contributed by atoms with E-state index in [0.29, 0.717) is 17.8 Å². The van der Waals surface area contributed by atoms with Crippen LogP contribution in [0.15, 0.2) is 30.3 Å². The SMILES string of the molecule is Cn1nc(Cc2ccc(C(F)(F)F)cc2)cc1CO. The summed E-state index contributed by atoms with van der Waals surface area (Å²) in [5.74, 6) is 0. The van der Waals surface area contributed by atoms with Crippen molar-refractivity contribution in [3.63, 3.8) is 0 Å². The Morgan fingerprint density at radius 3 is 2.32 bits per heavy atom. The van der Waals surface area contributed by atoms with Crippen molar-refractivity contribution >= 4 is 0 Å². The zero-order valence-corrected chi connectivity index (χ0v) is 10.3. The van der Waals surface area contributed by atoms with Crippen LogP contribution < -0.4 is 0 Å². The van der Waals surface area contributed by atoms with E-state index < -0.39 is 11.7 Å². The number of aliphatic hydroxyl groups excluding tert-OH is 1. The van der Waals surface area contributed by atoms with E-state index in [1.165, 1.54) is 12.1 Å². The van der Waals surface area contributed by atoms with Crippen molar-refractivity contribution in [2.24, 2.45) is 7.05 Å². The number of hydrogen-bond donors (Lipinski definition) is 1. The number of halogens is 3. The Morgan fingerprint density at radius 2 is 1.84 bits per heavy atom. The van der Waals surface area contributed by atoms with Gasteiger partial charge in [0.25, 0.3) is 0 Å². The summed E-state index contributed by atoms with van der Waals surface area (Å²) in [5.41, 5.74) is 1.47. The lowest BCUT2D eigenvalue weighted by Gasteiger charge is -2.06. The monoisotopic (exact) mass is 270 g/mol. The van der Waals surface area contributed by atoms with Crippen LogP contribution in [0.4, 0.5) is 13.2 Å². The van der Waals surface area contributed by atoms with Gasteiger partial charge in [-0.15, -0.1) is 0 Å². The molecule has 0 saturated heterocycles. The average Bonchev–Trinajstić information content (AvgIpc) is 2.69. The second kappa shape index (κ2) is 5.05. The van der Waals surface area contributed by atoms with Gasteiger partial charge in [0.1, 0.15) is 0 Å². The summed E-state index contributed by atoms with van der Waals surface area (Å²) >= 11 is 0. The molecule has 2 aromatic rings. The number of aryl methyl sites for hydroxylation is 1. The standard InChI is InChI=1S/C13H13F3N2O/c1-18-12(8-19)7-11(17-18)6-9-2-4-10(5-3-9)13(14,15)16/h2-5,7,19H,6,8H2,1H3. The molecule has 19 heavy (non-hydrogen) atoms. The van der Waals surface area contributed by atoms with E-state index in [1.54, 1.807) is 17.8 Å². The summed E-state index contributed by atoms with van der Waals surface area (Å²) in [6.45, 7) is -0.115. The average molecular weight is 270 g/mol. The summed E-state index contributed by atoms with van der Waals surface area (Å²) in [4.78, 5) is 0. The van der Waals surface area contributed by atoms with Gasteiger partial charge >= 0.3 is 6.18 Å². The molecule has 0 atom stereocenters. The fourth-order valence-electron chi connectivity index (χ4n) is 1.83. The van der Waals surface area contributed by atoms with Gasteiger partial charge in [0.2, 0.25) is 0 Å². The highest BCUT2D eigenvalue weighted by Gasteiger charge is 2.29. The molecule has 1 aromatic heterocycles. The lowest BCUT2D eigenvalue weighted by Crippen LogP contribution is -2.04. The van der Waals surface area contributed by atoms with Crippen molar-refractivity contribution in [1.82, 2.24) is 9.78 Å². The quantitative estimate of drug-likeness (QED) is 0.930. The summed E-state index contributed by atoms with van der Waals surface area (Å²) in [6, 6.07) is 6.74. The molecular weight excluding hydrogens is 257 g/mol. The minimum absolute atomic E-state index is 0.115. The van der Waals surface area contributed by atoms with Crippen LogP contribution >= 0.6 is 0 Å². The maximum Gasteiger partial charge on any atom is 0.416 e. The van der Waals surface area contributed by atoms with Gasteiger partial charge in [0, 0.05) is 13.5 Å². The fraction of sp³-hybridized carbons (Fsp3) is 0.308. The molecule has 0 aliphatic carbocycles. The molecule has 1 heterocycles. The Labute approximate surface area is 108 Å². The highest BCUT2D eigenvalue weighted by molar-refractivity contribution is 5.28. The highest BCUT2D eigenvalue weighted by atomic mass is 19.4. The van der Waals surface area contributed by atoms with Crippen molar-refractivity contribution in [2.45, 2.75) is 19.2 Å². The third-order valence-electron chi connectivity index (χ3n) is 2.86. The molecule has 0 bridgehead atoms. The first-order chi connectivity index (χ1) is 8.90. The van der Waals surface area contributed by atoms with Gasteiger partial charge in [-0.05, 0) is 23.8 Å². The second-order valence-corrected chi connectivity index (χ2v) is 4.28. The number of aromatic nitrogens is 2. The molecule has 0 saturated carbocycles. The Balaban J connectivity index is 2.15. The maximum atomic E-state index is 12.4. The van der Waals surface area contributed by atoms with E-state index in [1.807, 2.05) is 0 Å². The van der Waals surface area contributed by atoms with Crippen LogP contribution in [0.2, 0.25) is 0 Å². The molecule has 2 rings (SSSR count). The first kappa shape index (κ1) is 13.6. The smallest absolute Gasteiger partial charge is 0.390 e. The first-order valence-electron chi connectivity index (χ1n) is 5.69.